The molecule has 0 spiro atoms. The molecule has 4 rings (SSSR count). The summed E-state index contributed by atoms with van der Waals surface area (Å²) >= 11 is 0. The maximum absolute atomic E-state index is 6.26. The first-order chi connectivity index (χ1) is 10.3. The molecule has 1 fully saturated rings. The monoisotopic (exact) mass is 275 g/mol. The zero-order valence-corrected chi connectivity index (χ0v) is 12.3. The van der Waals surface area contributed by atoms with Crippen LogP contribution in [0.3, 0.4) is 0 Å². The van der Waals surface area contributed by atoms with Gasteiger partial charge in [0, 0.05) is 11.8 Å². The van der Waals surface area contributed by atoms with Gasteiger partial charge in [0.1, 0.15) is 6.10 Å². The summed E-state index contributed by atoms with van der Waals surface area (Å²) < 4.78 is 6.26. The number of hydrogen-bond acceptors (Lipinski definition) is 1. The third-order valence-corrected chi connectivity index (χ3v) is 4.48. The average molecular weight is 275 g/mol. The minimum absolute atomic E-state index is 0.134. The second kappa shape index (κ2) is 5.16. The summed E-state index contributed by atoms with van der Waals surface area (Å²) in [7, 11) is 0. The molecule has 0 aromatic heterocycles. The van der Waals surface area contributed by atoms with Crippen molar-refractivity contribution in [3.63, 3.8) is 0 Å². The molecule has 2 aromatic rings. The van der Waals surface area contributed by atoms with Gasteiger partial charge in [-0.1, -0.05) is 66.2 Å². The number of fused-ring (bicyclic) bond motifs is 1. The zero-order chi connectivity index (χ0) is 14.2. The highest BCUT2D eigenvalue weighted by atomic mass is 16.5. The van der Waals surface area contributed by atoms with E-state index >= 15 is 0 Å². The van der Waals surface area contributed by atoms with Crippen molar-refractivity contribution in [3.8, 4) is 0 Å². The molecule has 21 heavy (non-hydrogen) atoms. The molecule has 1 aliphatic carbocycles. The molecular weight excluding hydrogens is 256 g/mol. The lowest BCUT2D eigenvalue weighted by Gasteiger charge is -2.18. The second-order valence-electron chi connectivity index (χ2n) is 6.06. The minimum atomic E-state index is 0.134. The Morgan fingerprint density at radius 3 is 2.43 bits per heavy atom. The number of aryl methyl sites for hydroxylation is 1. The van der Waals surface area contributed by atoms with Crippen molar-refractivity contribution >= 4 is 0 Å². The Kier molecular flexibility index (Phi) is 3.16. The molecule has 2 aliphatic rings. The van der Waals surface area contributed by atoms with Crippen LogP contribution in [0.15, 0.2) is 66.2 Å². The van der Waals surface area contributed by atoms with Gasteiger partial charge >= 0.3 is 0 Å². The topological polar surface area (TPSA) is 9.23 Å². The third kappa shape index (κ3) is 2.54. The van der Waals surface area contributed by atoms with Crippen molar-refractivity contribution in [3.05, 3.63) is 88.9 Å². The number of rotatable bonds is 2. The van der Waals surface area contributed by atoms with Crippen LogP contribution in [0.4, 0.5) is 0 Å². The molecule has 105 valence electrons. The van der Waals surface area contributed by atoms with Crippen molar-refractivity contribution in [1.29, 1.82) is 0 Å². The second-order valence-corrected chi connectivity index (χ2v) is 6.06. The van der Waals surface area contributed by atoms with E-state index in [1.807, 2.05) is 0 Å². The van der Waals surface area contributed by atoms with Crippen molar-refractivity contribution < 1.29 is 4.74 Å². The van der Waals surface area contributed by atoms with E-state index in [1.165, 1.54) is 28.2 Å². The number of allylic oxidation sites excluding steroid dienone is 1. The van der Waals surface area contributed by atoms with E-state index in [1.54, 1.807) is 0 Å². The van der Waals surface area contributed by atoms with Crippen LogP contribution in [0, 0.1) is 12.8 Å². The quantitative estimate of drug-likeness (QED) is 0.768. The van der Waals surface area contributed by atoms with Gasteiger partial charge in [0.05, 0.1) is 6.61 Å². The van der Waals surface area contributed by atoms with Crippen LogP contribution >= 0.6 is 0 Å². The van der Waals surface area contributed by atoms with E-state index in [9.17, 15) is 0 Å². The molecule has 2 aromatic carbocycles. The van der Waals surface area contributed by atoms with Gasteiger partial charge in [0.2, 0.25) is 0 Å². The van der Waals surface area contributed by atoms with E-state index in [0.717, 1.165) is 13.0 Å². The first-order valence-corrected chi connectivity index (χ1v) is 7.62. The van der Waals surface area contributed by atoms with Crippen LogP contribution in [0.25, 0.3) is 0 Å². The highest BCUT2D eigenvalue weighted by Gasteiger charge is 2.39. The Hall–Kier alpha value is -1.86. The fraction of sp³-hybridized carbons (Fsp3) is 0.250. The summed E-state index contributed by atoms with van der Waals surface area (Å²) in [4.78, 5) is 0. The number of hydrogen-bond donors (Lipinski definition) is 0. The standard InChI is InChI=1S/C20H19O/c1-14-7-9-16(10-8-14)20-19-12-17(19)11-18(13-21-20)15-5-3-2-4-6-15/h2-10,12,18,20H,11,13H2,1H3. The molecule has 1 nitrogen and oxygen atoms in total. The van der Waals surface area contributed by atoms with Crippen molar-refractivity contribution in [2.45, 2.75) is 25.4 Å². The van der Waals surface area contributed by atoms with Gasteiger partial charge in [0.15, 0.2) is 0 Å². The van der Waals surface area contributed by atoms with Crippen molar-refractivity contribution in [1.82, 2.24) is 0 Å². The van der Waals surface area contributed by atoms with Crippen LogP contribution in [-0.4, -0.2) is 6.61 Å². The Labute approximate surface area is 126 Å². The van der Waals surface area contributed by atoms with Crippen LogP contribution in [0.1, 0.15) is 35.1 Å². The average Bonchev–Trinajstić information content (AvgIpc) is 3.28. The first-order valence-electron chi connectivity index (χ1n) is 7.62. The normalized spacial score (nSPS) is 24.9. The molecule has 0 bridgehead atoms. The van der Waals surface area contributed by atoms with E-state index < -0.39 is 0 Å². The van der Waals surface area contributed by atoms with E-state index in [0.29, 0.717) is 5.92 Å². The molecule has 1 radical (unpaired) electrons. The number of benzene rings is 2. The van der Waals surface area contributed by atoms with E-state index in [2.05, 4.69) is 67.6 Å². The molecule has 1 heterocycles. The molecule has 0 N–H and O–H groups in total. The first kappa shape index (κ1) is 12.8. The van der Waals surface area contributed by atoms with Gasteiger partial charge in [-0.05, 0) is 30.0 Å². The maximum atomic E-state index is 6.26. The summed E-state index contributed by atoms with van der Waals surface area (Å²) in [6.07, 6.45) is 3.55. The highest BCUT2D eigenvalue weighted by Crippen LogP contribution is 2.51. The van der Waals surface area contributed by atoms with Gasteiger partial charge in [0.25, 0.3) is 0 Å². The Balaban J connectivity index is 1.55. The molecular formula is C20H19O. The fourth-order valence-corrected chi connectivity index (χ4v) is 3.16. The van der Waals surface area contributed by atoms with Crippen LogP contribution in [-0.2, 0) is 4.74 Å². The molecule has 1 aliphatic heterocycles. The van der Waals surface area contributed by atoms with Gasteiger partial charge in [-0.15, -0.1) is 0 Å². The van der Waals surface area contributed by atoms with Crippen LogP contribution in [0.5, 0.6) is 0 Å². The SMILES string of the molecule is Cc1ccc(C2OCC(c3ccccc3)C[C]3C=C32)cc1. The molecule has 1 saturated heterocycles. The molecule has 0 amide bonds. The predicted octanol–water partition coefficient (Wildman–Crippen LogP) is 4.75. The summed E-state index contributed by atoms with van der Waals surface area (Å²) in [5, 5.41) is 0. The van der Waals surface area contributed by atoms with E-state index in [4.69, 9.17) is 4.74 Å². The Morgan fingerprint density at radius 2 is 1.67 bits per heavy atom. The van der Waals surface area contributed by atoms with Crippen LogP contribution < -0.4 is 0 Å². The summed E-state index contributed by atoms with van der Waals surface area (Å²) in [6.45, 7) is 2.92. The Morgan fingerprint density at radius 1 is 0.905 bits per heavy atom. The van der Waals surface area contributed by atoms with Crippen molar-refractivity contribution in [2.24, 2.45) is 0 Å². The summed E-state index contributed by atoms with van der Waals surface area (Å²) in [6, 6.07) is 19.4. The van der Waals surface area contributed by atoms with Gasteiger partial charge in [-0.3, -0.25) is 0 Å². The van der Waals surface area contributed by atoms with Crippen LogP contribution in [0.2, 0.25) is 0 Å². The zero-order valence-electron chi connectivity index (χ0n) is 12.3. The summed E-state index contributed by atoms with van der Waals surface area (Å²) in [5.74, 6) is 1.97. The predicted molar refractivity (Wildman–Crippen MR) is 85.0 cm³/mol. The fourth-order valence-electron chi connectivity index (χ4n) is 3.16. The lowest BCUT2D eigenvalue weighted by Crippen LogP contribution is -2.09. The highest BCUT2D eigenvalue weighted by molar-refractivity contribution is 5.56. The van der Waals surface area contributed by atoms with Gasteiger partial charge in [-0.25, -0.2) is 0 Å². The largest absolute Gasteiger partial charge is 0.368 e. The maximum Gasteiger partial charge on any atom is 0.104 e. The van der Waals surface area contributed by atoms with Gasteiger partial charge in [-0.2, -0.15) is 0 Å². The lowest BCUT2D eigenvalue weighted by molar-refractivity contribution is 0.0764. The minimum Gasteiger partial charge on any atom is -0.368 e. The third-order valence-electron chi connectivity index (χ3n) is 4.48. The smallest absolute Gasteiger partial charge is 0.104 e. The number of ether oxygens (including phenoxy) is 1. The molecule has 2 atom stereocenters. The molecule has 0 saturated carbocycles. The van der Waals surface area contributed by atoms with Crippen molar-refractivity contribution in [2.75, 3.05) is 6.61 Å². The van der Waals surface area contributed by atoms with E-state index in [-0.39, 0.29) is 6.10 Å². The lowest BCUT2D eigenvalue weighted by atomic mass is 9.93. The summed E-state index contributed by atoms with van der Waals surface area (Å²) in [5.41, 5.74) is 5.35. The molecule has 1 heteroatoms. The van der Waals surface area contributed by atoms with Gasteiger partial charge < -0.3 is 4.74 Å². The molecule has 2 unspecified atom stereocenters. The Bertz CT molecular complexity index is 654.